The average Bonchev–Trinajstić information content (AvgIpc) is 2.31. The molecule has 0 aliphatic heterocycles. The summed E-state index contributed by atoms with van der Waals surface area (Å²) in [4.78, 5) is 0. The first-order valence-electron chi connectivity index (χ1n) is 4.73. The van der Waals surface area contributed by atoms with Crippen molar-refractivity contribution in [2.24, 2.45) is 5.73 Å². The van der Waals surface area contributed by atoms with Gasteiger partial charge in [-0.05, 0) is 65.4 Å². The van der Waals surface area contributed by atoms with E-state index in [1.54, 1.807) is 6.92 Å². The molecule has 0 aromatic rings. The summed E-state index contributed by atoms with van der Waals surface area (Å²) in [6.07, 6.45) is 0.638. The quantitative estimate of drug-likeness (QED) is 0.693. The van der Waals surface area contributed by atoms with E-state index in [2.05, 4.69) is 63.9 Å². The number of aliphatic hydroxyl groups excluding tert-OH is 1. The van der Waals surface area contributed by atoms with Crippen LogP contribution in [0, 0.1) is 0 Å². The molecule has 2 nitrogen and oxygen atoms in total. The first kappa shape index (κ1) is 14.5. The van der Waals surface area contributed by atoms with Crippen molar-refractivity contribution in [3.8, 4) is 0 Å². The lowest BCUT2D eigenvalue weighted by molar-refractivity contribution is 0.198. The van der Waals surface area contributed by atoms with E-state index in [1.807, 2.05) is 0 Å². The Labute approximate surface area is 100 Å². The largest absolute Gasteiger partial charge is 0.387 e. The van der Waals surface area contributed by atoms with Crippen molar-refractivity contribution < 1.29 is 5.11 Å². The van der Waals surface area contributed by atoms with Crippen LogP contribution in [0.3, 0.4) is 0 Å². The van der Waals surface area contributed by atoms with E-state index in [-0.39, 0.29) is 6.04 Å². The van der Waals surface area contributed by atoms with Crippen LogP contribution < -0.4 is 5.73 Å². The zero-order valence-electron chi connectivity index (χ0n) is 9.46. The highest BCUT2D eigenvalue weighted by molar-refractivity contribution is 4.94. The number of aliphatic hydroxyl groups is 1. The van der Waals surface area contributed by atoms with Crippen molar-refractivity contribution in [2.75, 3.05) is 0 Å². The topological polar surface area (TPSA) is 46.2 Å². The van der Waals surface area contributed by atoms with Crippen LogP contribution in [0.5, 0.6) is 0 Å². The lowest BCUT2D eigenvalue weighted by Gasteiger charge is -2.06. The number of hydrogen-bond donors (Lipinski definition) is 2. The van der Waals surface area contributed by atoms with Crippen molar-refractivity contribution in [3.63, 3.8) is 0 Å². The summed E-state index contributed by atoms with van der Waals surface area (Å²) in [6.45, 7) is 4.98. The Morgan fingerprint density at radius 1 is 1.00 bits per heavy atom. The molecular formula is C15H11NO. The molecule has 0 saturated heterocycles. The number of hydrogen-bond acceptors (Lipinski definition) is 2. The summed E-state index contributed by atoms with van der Waals surface area (Å²) in [5.74, 6) is 0. The summed E-state index contributed by atoms with van der Waals surface area (Å²) < 4.78 is 0. The van der Waals surface area contributed by atoms with Gasteiger partial charge in [0.15, 0.2) is 0 Å². The maximum Gasteiger partial charge on any atom is 0.0949 e. The zero-order valence-corrected chi connectivity index (χ0v) is 9.46. The van der Waals surface area contributed by atoms with Crippen LogP contribution in [0.25, 0.3) is 0 Å². The van der Waals surface area contributed by atoms with Gasteiger partial charge in [-0.15, -0.1) is 0 Å². The average molecular weight is 221 g/mol. The third kappa shape index (κ3) is 9.76. The minimum Gasteiger partial charge on any atom is -0.387 e. The van der Waals surface area contributed by atoms with Gasteiger partial charge in [0.1, 0.15) is 0 Å². The van der Waals surface area contributed by atoms with Crippen LogP contribution in [0.15, 0.2) is 70.0 Å². The molecule has 2 heteroatoms. The van der Waals surface area contributed by atoms with Crippen LogP contribution in [0.1, 0.15) is 6.92 Å². The van der Waals surface area contributed by atoms with Crippen molar-refractivity contribution in [3.05, 3.63) is 70.0 Å². The summed E-state index contributed by atoms with van der Waals surface area (Å²) in [6, 6.07) is -0.346. The van der Waals surface area contributed by atoms with Gasteiger partial charge in [-0.25, -0.2) is 0 Å². The fourth-order valence-corrected chi connectivity index (χ4v) is 0.547. The van der Waals surface area contributed by atoms with Gasteiger partial charge in [0.2, 0.25) is 0 Å². The lowest BCUT2D eigenvalue weighted by atomic mass is 10.2. The molecule has 0 unspecified atom stereocenters. The molecule has 0 aromatic carbocycles. The van der Waals surface area contributed by atoms with E-state index >= 15 is 0 Å². The Hall–Kier alpha value is -2.54. The van der Waals surface area contributed by atoms with Gasteiger partial charge < -0.3 is 10.8 Å². The van der Waals surface area contributed by atoms with Crippen molar-refractivity contribution in [2.45, 2.75) is 19.1 Å². The Bertz CT molecular complexity index is 621. The molecule has 17 heavy (non-hydrogen) atoms. The standard InChI is InChI=1S/C15H11NO/c1-3-4-5-6-7-8-9-10-11-12-13-15(17)14(2)16/h13-15,17H,1,16H2,2H3/t14-,15-/m0/s1. The molecule has 0 aromatic heterocycles. The molecule has 0 amide bonds. The van der Waals surface area contributed by atoms with Crippen LogP contribution in [-0.4, -0.2) is 17.3 Å². The first-order valence-corrected chi connectivity index (χ1v) is 4.73. The zero-order chi connectivity index (χ0) is 12.9. The Morgan fingerprint density at radius 2 is 1.47 bits per heavy atom. The van der Waals surface area contributed by atoms with Gasteiger partial charge in [-0.3, -0.25) is 0 Å². The summed E-state index contributed by atoms with van der Waals surface area (Å²) >= 11 is 0. The molecule has 0 saturated carbocycles. The van der Waals surface area contributed by atoms with Crippen LogP contribution in [0.2, 0.25) is 0 Å². The molecule has 0 rings (SSSR count). The first-order chi connectivity index (χ1) is 8.18. The molecule has 3 N–H and O–H groups in total. The van der Waals surface area contributed by atoms with E-state index in [1.165, 1.54) is 6.08 Å². The van der Waals surface area contributed by atoms with E-state index in [9.17, 15) is 5.11 Å². The lowest BCUT2D eigenvalue weighted by Crippen LogP contribution is -2.29. The maximum atomic E-state index is 9.25. The third-order valence-electron chi connectivity index (χ3n) is 1.39. The molecular weight excluding hydrogens is 210 g/mol. The molecule has 82 valence electrons. The second-order valence-electron chi connectivity index (χ2n) is 2.84. The summed E-state index contributed by atoms with van der Waals surface area (Å²) in [5, 5.41) is 9.25. The maximum absolute atomic E-state index is 9.25. The minimum atomic E-state index is -0.748. The van der Waals surface area contributed by atoms with Crippen LogP contribution >= 0.6 is 0 Å². The molecule has 0 radical (unpaired) electrons. The highest BCUT2D eigenvalue weighted by Crippen LogP contribution is 1.88. The monoisotopic (exact) mass is 221 g/mol. The van der Waals surface area contributed by atoms with Crippen molar-refractivity contribution in [1.82, 2.24) is 0 Å². The van der Waals surface area contributed by atoms with Crippen LogP contribution in [-0.2, 0) is 0 Å². The van der Waals surface area contributed by atoms with Gasteiger partial charge >= 0.3 is 0 Å². The van der Waals surface area contributed by atoms with Gasteiger partial charge in [-0.2, -0.15) is 0 Å². The highest BCUT2D eigenvalue weighted by Gasteiger charge is 2.02. The Kier molecular flexibility index (Phi) is 8.50. The van der Waals surface area contributed by atoms with E-state index in [0.717, 1.165) is 0 Å². The molecule has 0 spiro atoms. The summed E-state index contributed by atoms with van der Waals surface area (Å²) in [5.41, 5.74) is 30.1. The smallest absolute Gasteiger partial charge is 0.0949 e. The number of rotatable bonds is 2. The molecule has 0 heterocycles. The second-order valence-corrected chi connectivity index (χ2v) is 2.84. The minimum absolute atomic E-state index is 0.346. The van der Waals surface area contributed by atoms with Gasteiger partial charge in [-0.1, -0.05) is 11.5 Å². The number of nitrogens with two attached hydrogens (primary N) is 1. The van der Waals surface area contributed by atoms with Crippen molar-refractivity contribution in [1.29, 1.82) is 0 Å². The highest BCUT2D eigenvalue weighted by atomic mass is 16.3. The fourth-order valence-electron chi connectivity index (χ4n) is 0.547. The van der Waals surface area contributed by atoms with Gasteiger partial charge in [0.05, 0.1) is 6.10 Å². The van der Waals surface area contributed by atoms with E-state index in [4.69, 9.17) is 5.73 Å². The van der Waals surface area contributed by atoms with Crippen LogP contribution in [0.4, 0.5) is 0 Å². The molecule has 0 aliphatic carbocycles. The molecule has 0 fully saturated rings. The second kappa shape index (κ2) is 9.99. The fraction of sp³-hybridized carbons (Fsp3) is 0.200. The normalized spacial score (nSPS) is 9.82. The predicted octanol–water partition coefficient (Wildman–Crippen LogP) is 1.43. The van der Waals surface area contributed by atoms with Gasteiger partial charge in [0, 0.05) is 6.04 Å². The van der Waals surface area contributed by atoms with E-state index in [0.29, 0.717) is 0 Å². The van der Waals surface area contributed by atoms with Gasteiger partial charge in [0.25, 0.3) is 0 Å². The molecule has 0 aliphatic rings. The third-order valence-corrected chi connectivity index (χ3v) is 1.39. The summed E-state index contributed by atoms with van der Waals surface area (Å²) in [7, 11) is 0. The SMILES string of the molecule is C=C=C=C=C=C=C=C=C=C=C=C[C@H](O)[C@H](C)N. The Balaban J connectivity index is 5.17. The molecule has 2 atom stereocenters. The molecule has 0 bridgehead atoms. The van der Waals surface area contributed by atoms with Crippen molar-refractivity contribution >= 4 is 0 Å². The van der Waals surface area contributed by atoms with E-state index < -0.39 is 6.10 Å². The Morgan fingerprint density at radius 3 is 1.94 bits per heavy atom. The predicted molar refractivity (Wildman–Crippen MR) is 65.0 cm³/mol.